The molecule has 1 aromatic carbocycles. The zero-order valence-electron chi connectivity index (χ0n) is 17.6. The number of hydrogen-bond donors (Lipinski definition) is 2. The lowest BCUT2D eigenvalue weighted by Crippen LogP contribution is -2.52. The van der Waals surface area contributed by atoms with Gasteiger partial charge >= 0.3 is 0 Å². The van der Waals surface area contributed by atoms with Crippen LogP contribution in [-0.2, 0) is 16.6 Å². The molecule has 162 valence electrons. The zero-order chi connectivity index (χ0) is 21.4. The van der Waals surface area contributed by atoms with Gasteiger partial charge in [0, 0.05) is 65.3 Å². The van der Waals surface area contributed by atoms with Gasteiger partial charge < -0.3 is 10.2 Å². The fourth-order valence-corrected chi connectivity index (χ4v) is 4.46. The quantitative estimate of drug-likeness (QED) is 0.388. The Hall–Kier alpha value is -2.49. The summed E-state index contributed by atoms with van der Waals surface area (Å²) >= 11 is 0. The number of piperazine rings is 1. The number of nitrogens with zero attached hydrogens (tertiary/aromatic N) is 4. The molecule has 1 aliphatic heterocycles. The molecular formula is C21H30N6O2S. The van der Waals surface area contributed by atoms with E-state index in [9.17, 15) is 8.42 Å². The fraction of sp³-hybridized carbons (Fsp3) is 0.429. The lowest BCUT2D eigenvalue weighted by molar-refractivity contribution is 0.172. The highest BCUT2D eigenvalue weighted by Gasteiger charge is 2.20. The van der Waals surface area contributed by atoms with Crippen LogP contribution in [0.15, 0.2) is 58.7 Å². The number of guanidine groups is 1. The molecule has 0 radical (unpaired) electrons. The molecule has 1 saturated heterocycles. The van der Waals surface area contributed by atoms with Crippen molar-refractivity contribution >= 4 is 16.0 Å². The predicted molar refractivity (Wildman–Crippen MR) is 119 cm³/mol. The Morgan fingerprint density at radius 3 is 2.60 bits per heavy atom. The minimum absolute atomic E-state index is 0.166. The first-order valence-electron chi connectivity index (χ1n) is 10.1. The molecule has 2 aromatic rings. The van der Waals surface area contributed by atoms with Crippen LogP contribution in [0.2, 0.25) is 0 Å². The smallest absolute Gasteiger partial charge is 0.242 e. The van der Waals surface area contributed by atoms with Gasteiger partial charge in [0.2, 0.25) is 10.0 Å². The van der Waals surface area contributed by atoms with Gasteiger partial charge in [0.25, 0.3) is 0 Å². The molecule has 0 spiro atoms. The van der Waals surface area contributed by atoms with E-state index in [1.807, 2.05) is 0 Å². The molecule has 1 aromatic heterocycles. The molecule has 0 bridgehead atoms. The van der Waals surface area contributed by atoms with Gasteiger partial charge in [0.05, 0.1) is 0 Å². The van der Waals surface area contributed by atoms with Gasteiger partial charge in [-0.25, -0.2) is 13.1 Å². The van der Waals surface area contributed by atoms with Crippen LogP contribution in [0, 0.1) is 6.92 Å². The van der Waals surface area contributed by atoms with Gasteiger partial charge in [-0.3, -0.25) is 14.9 Å². The van der Waals surface area contributed by atoms with E-state index in [0.717, 1.165) is 38.7 Å². The summed E-state index contributed by atoms with van der Waals surface area (Å²) in [7, 11) is -1.79. The summed E-state index contributed by atoms with van der Waals surface area (Å²) in [5.74, 6) is 0.797. The SMILES string of the molecule is CN=C(NCCNS(=O)(=O)c1cccnc1)N1CCN(Cc2cccc(C)c2)CC1. The van der Waals surface area contributed by atoms with Gasteiger partial charge in [-0.2, -0.15) is 0 Å². The number of sulfonamides is 1. The third-order valence-corrected chi connectivity index (χ3v) is 6.46. The Morgan fingerprint density at radius 1 is 1.13 bits per heavy atom. The summed E-state index contributed by atoms with van der Waals surface area (Å²) in [5, 5.41) is 3.25. The van der Waals surface area contributed by atoms with E-state index >= 15 is 0 Å². The normalized spacial score (nSPS) is 15.9. The van der Waals surface area contributed by atoms with Crippen molar-refractivity contribution in [2.24, 2.45) is 4.99 Å². The number of pyridine rings is 1. The number of rotatable bonds is 7. The molecule has 0 unspecified atom stereocenters. The monoisotopic (exact) mass is 430 g/mol. The summed E-state index contributed by atoms with van der Waals surface area (Å²) in [5.41, 5.74) is 2.63. The lowest BCUT2D eigenvalue weighted by Gasteiger charge is -2.36. The Balaban J connectivity index is 1.41. The van der Waals surface area contributed by atoms with Gasteiger partial charge in [0.1, 0.15) is 4.90 Å². The molecule has 0 saturated carbocycles. The number of hydrogen-bond acceptors (Lipinski definition) is 5. The summed E-state index contributed by atoms with van der Waals surface area (Å²) < 4.78 is 27.0. The van der Waals surface area contributed by atoms with E-state index in [4.69, 9.17) is 0 Å². The molecular weight excluding hydrogens is 400 g/mol. The van der Waals surface area contributed by atoms with Crippen molar-refractivity contribution < 1.29 is 8.42 Å². The van der Waals surface area contributed by atoms with E-state index in [2.05, 4.69) is 61.0 Å². The molecule has 1 aliphatic rings. The second-order valence-corrected chi connectivity index (χ2v) is 9.08. The summed E-state index contributed by atoms with van der Waals surface area (Å²) in [6.45, 7) is 7.48. The van der Waals surface area contributed by atoms with Crippen molar-refractivity contribution in [1.82, 2.24) is 24.8 Å². The van der Waals surface area contributed by atoms with Gasteiger partial charge in [-0.15, -0.1) is 0 Å². The molecule has 1 fully saturated rings. The Labute approximate surface area is 179 Å². The van der Waals surface area contributed by atoms with Gasteiger partial charge in [-0.05, 0) is 24.6 Å². The van der Waals surface area contributed by atoms with Crippen LogP contribution < -0.4 is 10.0 Å². The predicted octanol–water partition coefficient (Wildman–Crippen LogP) is 1.06. The van der Waals surface area contributed by atoms with Crippen LogP contribution in [-0.4, -0.2) is 75.5 Å². The Morgan fingerprint density at radius 2 is 1.93 bits per heavy atom. The average Bonchev–Trinajstić information content (AvgIpc) is 2.75. The number of aromatic nitrogens is 1. The Kier molecular flexibility index (Phi) is 7.78. The van der Waals surface area contributed by atoms with Crippen LogP contribution in [0.5, 0.6) is 0 Å². The molecule has 0 atom stereocenters. The van der Waals surface area contributed by atoms with Crippen LogP contribution in [0.1, 0.15) is 11.1 Å². The standard InChI is InChI=1S/C21H30N6O2S/c1-18-5-3-6-19(15-18)17-26-11-13-27(14-12-26)21(22-2)24-9-10-25-30(28,29)20-7-4-8-23-16-20/h3-8,15-16,25H,9-14,17H2,1-2H3,(H,22,24). The van der Waals surface area contributed by atoms with Crippen LogP contribution in [0.3, 0.4) is 0 Å². The lowest BCUT2D eigenvalue weighted by atomic mass is 10.1. The summed E-state index contributed by atoms with van der Waals surface area (Å²) in [4.78, 5) is 13.0. The maximum Gasteiger partial charge on any atom is 0.242 e. The minimum atomic E-state index is -3.54. The number of nitrogens with one attached hydrogen (secondary N) is 2. The molecule has 2 heterocycles. The van der Waals surface area contributed by atoms with Crippen LogP contribution >= 0.6 is 0 Å². The molecule has 2 N–H and O–H groups in total. The third-order valence-electron chi connectivity index (χ3n) is 5.02. The van der Waals surface area contributed by atoms with Crippen molar-refractivity contribution in [2.75, 3.05) is 46.3 Å². The van der Waals surface area contributed by atoms with Gasteiger partial charge in [0.15, 0.2) is 5.96 Å². The largest absolute Gasteiger partial charge is 0.355 e. The van der Waals surface area contributed by atoms with Crippen molar-refractivity contribution in [3.05, 3.63) is 59.9 Å². The topological polar surface area (TPSA) is 89.9 Å². The number of aliphatic imine (C=N–C) groups is 1. The van der Waals surface area contributed by atoms with Crippen molar-refractivity contribution in [2.45, 2.75) is 18.4 Å². The highest BCUT2D eigenvalue weighted by atomic mass is 32.2. The summed E-state index contributed by atoms with van der Waals surface area (Å²) in [6, 6.07) is 11.8. The number of benzene rings is 1. The Bertz CT molecular complexity index is 941. The van der Waals surface area contributed by atoms with E-state index in [0.29, 0.717) is 6.54 Å². The molecule has 30 heavy (non-hydrogen) atoms. The number of aryl methyl sites for hydroxylation is 1. The van der Waals surface area contributed by atoms with Gasteiger partial charge in [-0.1, -0.05) is 29.8 Å². The van der Waals surface area contributed by atoms with Crippen molar-refractivity contribution in [3.8, 4) is 0 Å². The fourth-order valence-electron chi connectivity index (χ4n) is 3.47. The third kappa shape index (κ3) is 6.25. The maximum absolute atomic E-state index is 12.2. The highest BCUT2D eigenvalue weighted by Crippen LogP contribution is 2.10. The zero-order valence-corrected chi connectivity index (χ0v) is 18.4. The second kappa shape index (κ2) is 10.5. The van der Waals surface area contributed by atoms with E-state index in [1.165, 1.54) is 23.4 Å². The first-order valence-corrected chi connectivity index (χ1v) is 11.6. The maximum atomic E-state index is 12.2. The molecule has 8 nitrogen and oxygen atoms in total. The molecule has 0 amide bonds. The first-order chi connectivity index (χ1) is 14.5. The molecule has 3 rings (SSSR count). The highest BCUT2D eigenvalue weighted by molar-refractivity contribution is 7.89. The van der Waals surface area contributed by atoms with E-state index in [1.54, 1.807) is 19.3 Å². The minimum Gasteiger partial charge on any atom is -0.355 e. The summed E-state index contributed by atoms with van der Waals surface area (Å²) in [6.07, 6.45) is 2.89. The van der Waals surface area contributed by atoms with Crippen LogP contribution in [0.4, 0.5) is 0 Å². The van der Waals surface area contributed by atoms with E-state index < -0.39 is 10.0 Å². The van der Waals surface area contributed by atoms with Crippen molar-refractivity contribution in [3.63, 3.8) is 0 Å². The van der Waals surface area contributed by atoms with E-state index in [-0.39, 0.29) is 11.4 Å². The second-order valence-electron chi connectivity index (χ2n) is 7.31. The first kappa shape index (κ1) is 22.2. The molecule has 0 aliphatic carbocycles. The van der Waals surface area contributed by atoms with Crippen molar-refractivity contribution in [1.29, 1.82) is 0 Å². The van der Waals surface area contributed by atoms with Crippen LogP contribution in [0.25, 0.3) is 0 Å². The molecule has 9 heteroatoms. The average molecular weight is 431 g/mol.